The van der Waals surface area contributed by atoms with Crippen molar-refractivity contribution in [3.63, 3.8) is 0 Å². The Bertz CT molecular complexity index is 738. The molecule has 102 valence electrons. The number of halogens is 2. The Balaban J connectivity index is 2.06. The van der Waals surface area contributed by atoms with Crippen LogP contribution in [0.15, 0.2) is 41.8 Å². The zero-order chi connectivity index (χ0) is 13.9. The van der Waals surface area contributed by atoms with E-state index in [-0.39, 0.29) is 5.82 Å². The maximum Gasteiger partial charge on any atom is 0.131 e. The summed E-state index contributed by atoms with van der Waals surface area (Å²) in [5.74, 6) is 0.454. The summed E-state index contributed by atoms with van der Waals surface area (Å²) in [6.07, 6.45) is 1.81. The van der Waals surface area contributed by atoms with Gasteiger partial charge in [0.05, 0.1) is 5.69 Å². The van der Waals surface area contributed by atoms with Crippen molar-refractivity contribution in [1.29, 1.82) is 0 Å². The molecule has 0 spiro atoms. The molecule has 0 saturated heterocycles. The van der Waals surface area contributed by atoms with Crippen LogP contribution >= 0.6 is 22.9 Å². The first-order chi connectivity index (χ1) is 9.79. The molecular formula is C16H13ClFNS. The second-order valence-corrected chi connectivity index (χ2v) is 5.81. The van der Waals surface area contributed by atoms with Gasteiger partial charge in [-0.25, -0.2) is 9.37 Å². The van der Waals surface area contributed by atoms with E-state index in [4.69, 9.17) is 11.6 Å². The second kappa shape index (κ2) is 5.90. The van der Waals surface area contributed by atoms with Crippen LogP contribution in [-0.4, -0.2) is 10.9 Å². The van der Waals surface area contributed by atoms with Crippen molar-refractivity contribution >= 4 is 33.7 Å². The topological polar surface area (TPSA) is 12.9 Å². The number of thiazole rings is 1. The minimum Gasteiger partial charge on any atom is -0.241 e. The molecule has 1 nitrogen and oxygen atoms in total. The van der Waals surface area contributed by atoms with E-state index >= 15 is 0 Å². The molecule has 0 aliphatic heterocycles. The molecule has 0 atom stereocenters. The molecule has 0 radical (unpaired) electrons. The van der Waals surface area contributed by atoms with Crippen molar-refractivity contribution in [3.8, 4) is 10.6 Å². The van der Waals surface area contributed by atoms with E-state index < -0.39 is 0 Å². The van der Waals surface area contributed by atoms with Crippen LogP contribution in [0.4, 0.5) is 4.39 Å². The highest BCUT2D eigenvalue weighted by molar-refractivity contribution is 7.13. The predicted octanol–water partition coefficient (Wildman–Crippen LogP) is 5.27. The number of hydrogen-bond acceptors (Lipinski definition) is 2. The van der Waals surface area contributed by atoms with E-state index in [1.807, 2.05) is 24.3 Å². The molecule has 4 heteroatoms. The van der Waals surface area contributed by atoms with Crippen LogP contribution in [0.25, 0.3) is 21.3 Å². The SMILES string of the molecule is Fc1ccc(-c2nc(CCCCl)cs2)c2ccccc12. The zero-order valence-corrected chi connectivity index (χ0v) is 12.3. The standard InChI is InChI=1S/C16H13ClFNS/c17-9-3-4-11-10-20-16(19-11)14-7-8-15(18)13-6-2-1-5-12(13)14/h1-2,5-8,10H,3-4,9H2. The lowest BCUT2D eigenvalue weighted by atomic mass is 10.0. The van der Waals surface area contributed by atoms with Crippen LogP contribution < -0.4 is 0 Å². The lowest BCUT2D eigenvalue weighted by Gasteiger charge is -2.04. The van der Waals surface area contributed by atoms with Crippen molar-refractivity contribution < 1.29 is 4.39 Å². The Hall–Kier alpha value is -1.45. The molecule has 20 heavy (non-hydrogen) atoms. The van der Waals surface area contributed by atoms with Gasteiger partial charge in [-0.3, -0.25) is 0 Å². The highest BCUT2D eigenvalue weighted by atomic mass is 35.5. The fraction of sp³-hybridized carbons (Fsp3) is 0.188. The smallest absolute Gasteiger partial charge is 0.131 e. The van der Waals surface area contributed by atoms with Crippen molar-refractivity contribution in [2.24, 2.45) is 0 Å². The number of alkyl halides is 1. The van der Waals surface area contributed by atoms with E-state index in [9.17, 15) is 4.39 Å². The lowest BCUT2D eigenvalue weighted by Crippen LogP contribution is -1.88. The summed E-state index contributed by atoms with van der Waals surface area (Å²) in [5, 5.41) is 4.54. The normalized spacial score (nSPS) is 11.1. The largest absolute Gasteiger partial charge is 0.241 e. The van der Waals surface area contributed by atoms with Gasteiger partial charge in [0.15, 0.2) is 0 Å². The molecule has 0 aliphatic carbocycles. The molecule has 0 saturated carbocycles. The average Bonchev–Trinajstić information content (AvgIpc) is 2.94. The fourth-order valence-electron chi connectivity index (χ4n) is 2.24. The number of aromatic nitrogens is 1. The van der Waals surface area contributed by atoms with Gasteiger partial charge in [0.25, 0.3) is 0 Å². The maximum absolute atomic E-state index is 13.8. The number of hydrogen-bond donors (Lipinski definition) is 0. The van der Waals surface area contributed by atoms with Gasteiger partial charge in [-0.05, 0) is 30.4 Å². The van der Waals surface area contributed by atoms with Gasteiger partial charge in [0.1, 0.15) is 10.8 Å². The van der Waals surface area contributed by atoms with Crippen LogP contribution in [0.2, 0.25) is 0 Å². The van der Waals surface area contributed by atoms with Crippen molar-refractivity contribution in [1.82, 2.24) is 4.98 Å². The Labute approximate surface area is 126 Å². The molecule has 0 bridgehead atoms. The minimum absolute atomic E-state index is 0.191. The minimum atomic E-state index is -0.191. The van der Waals surface area contributed by atoms with E-state index in [0.29, 0.717) is 11.3 Å². The molecule has 0 fully saturated rings. The molecule has 2 aromatic carbocycles. The molecule has 3 rings (SSSR count). The number of benzene rings is 2. The average molecular weight is 306 g/mol. The fourth-order valence-corrected chi connectivity index (χ4v) is 3.27. The quantitative estimate of drug-likeness (QED) is 0.598. The Morgan fingerprint density at radius 1 is 1.10 bits per heavy atom. The molecule has 1 heterocycles. The van der Waals surface area contributed by atoms with E-state index in [1.54, 1.807) is 17.4 Å². The highest BCUT2D eigenvalue weighted by Crippen LogP contribution is 2.32. The van der Waals surface area contributed by atoms with Crippen LogP contribution in [-0.2, 0) is 6.42 Å². The molecule has 0 amide bonds. The van der Waals surface area contributed by atoms with Crippen molar-refractivity contribution in [2.75, 3.05) is 5.88 Å². The lowest BCUT2D eigenvalue weighted by molar-refractivity contribution is 0.640. The van der Waals surface area contributed by atoms with Gasteiger partial charge < -0.3 is 0 Å². The van der Waals surface area contributed by atoms with Gasteiger partial charge in [0, 0.05) is 22.2 Å². The summed E-state index contributed by atoms with van der Waals surface area (Å²) in [4.78, 5) is 4.64. The summed E-state index contributed by atoms with van der Waals surface area (Å²) >= 11 is 7.30. The summed E-state index contributed by atoms with van der Waals surface area (Å²) in [7, 11) is 0. The zero-order valence-electron chi connectivity index (χ0n) is 10.8. The Morgan fingerprint density at radius 2 is 1.90 bits per heavy atom. The molecule has 0 aliphatic rings. The van der Waals surface area contributed by atoms with E-state index in [0.717, 1.165) is 34.5 Å². The third-order valence-corrected chi connectivity index (χ3v) is 4.41. The third kappa shape index (κ3) is 2.56. The highest BCUT2D eigenvalue weighted by Gasteiger charge is 2.10. The number of rotatable bonds is 4. The second-order valence-electron chi connectivity index (χ2n) is 4.58. The Kier molecular flexibility index (Phi) is 3.99. The first-order valence-electron chi connectivity index (χ1n) is 6.47. The number of aryl methyl sites for hydroxylation is 1. The third-order valence-electron chi connectivity index (χ3n) is 3.22. The van der Waals surface area contributed by atoms with Gasteiger partial charge in [0.2, 0.25) is 0 Å². The van der Waals surface area contributed by atoms with Gasteiger partial charge in [-0.15, -0.1) is 22.9 Å². The van der Waals surface area contributed by atoms with Gasteiger partial charge in [-0.1, -0.05) is 24.3 Å². The maximum atomic E-state index is 13.8. The van der Waals surface area contributed by atoms with E-state index in [1.165, 1.54) is 6.07 Å². The first kappa shape index (κ1) is 13.5. The Morgan fingerprint density at radius 3 is 2.70 bits per heavy atom. The molecule has 0 N–H and O–H groups in total. The van der Waals surface area contributed by atoms with Crippen molar-refractivity contribution in [3.05, 3.63) is 53.3 Å². The van der Waals surface area contributed by atoms with E-state index in [2.05, 4.69) is 10.4 Å². The molecule has 0 unspecified atom stereocenters. The van der Waals surface area contributed by atoms with Crippen LogP contribution in [0.1, 0.15) is 12.1 Å². The summed E-state index contributed by atoms with van der Waals surface area (Å²) < 4.78 is 13.8. The van der Waals surface area contributed by atoms with Crippen LogP contribution in [0.5, 0.6) is 0 Å². The summed E-state index contributed by atoms with van der Waals surface area (Å²) in [6.45, 7) is 0. The first-order valence-corrected chi connectivity index (χ1v) is 7.89. The molecule has 1 aromatic heterocycles. The number of nitrogens with zero attached hydrogens (tertiary/aromatic N) is 1. The van der Waals surface area contributed by atoms with Crippen LogP contribution in [0, 0.1) is 5.82 Å². The van der Waals surface area contributed by atoms with Gasteiger partial charge in [-0.2, -0.15) is 0 Å². The van der Waals surface area contributed by atoms with Gasteiger partial charge >= 0.3 is 0 Å². The predicted molar refractivity (Wildman–Crippen MR) is 84.1 cm³/mol. The summed E-state index contributed by atoms with van der Waals surface area (Å²) in [5.41, 5.74) is 2.04. The van der Waals surface area contributed by atoms with Crippen molar-refractivity contribution in [2.45, 2.75) is 12.8 Å². The van der Waals surface area contributed by atoms with Crippen LogP contribution in [0.3, 0.4) is 0 Å². The summed E-state index contributed by atoms with van der Waals surface area (Å²) in [6, 6.07) is 10.8. The molecule has 3 aromatic rings. The molecular weight excluding hydrogens is 293 g/mol. The monoisotopic (exact) mass is 305 g/mol. The number of fused-ring (bicyclic) bond motifs is 1.